The van der Waals surface area contributed by atoms with Crippen molar-refractivity contribution in [1.82, 2.24) is 15.5 Å². The molecule has 13 heavy (non-hydrogen) atoms. The molecule has 1 atom stereocenters. The van der Waals surface area contributed by atoms with Crippen molar-refractivity contribution >= 4 is 0 Å². The maximum atomic E-state index is 12.0. The van der Waals surface area contributed by atoms with Crippen molar-refractivity contribution in [2.24, 2.45) is 0 Å². The van der Waals surface area contributed by atoms with Gasteiger partial charge >= 0.3 is 6.18 Å². The Bertz CT molecular complexity index is 283. The van der Waals surface area contributed by atoms with Gasteiger partial charge in [-0.25, -0.2) is 0 Å². The van der Waals surface area contributed by atoms with Crippen LogP contribution in [-0.2, 0) is 6.18 Å². The van der Waals surface area contributed by atoms with Gasteiger partial charge in [-0.15, -0.1) is 0 Å². The molecule has 7 heteroatoms. The van der Waals surface area contributed by atoms with Crippen molar-refractivity contribution in [2.75, 3.05) is 7.05 Å². The number of alkyl halides is 3. The summed E-state index contributed by atoms with van der Waals surface area (Å²) in [6.45, 7) is 1.62. The molecule has 4 nitrogen and oxygen atoms in total. The van der Waals surface area contributed by atoms with E-state index in [4.69, 9.17) is 0 Å². The quantitative estimate of drug-likeness (QED) is 0.774. The summed E-state index contributed by atoms with van der Waals surface area (Å²) in [6, 6.07) is -0.386. The predicted octanol–water partition coefficient (Wildman–Crippen LogP) is 1.37. The number of hydrogen-bond acceptors (Lipinski definition) is 4. The van der Waals surface area contributed by atoms with Gasteiger partial charge in [0.05, 0.1) is 6.04 Å². The van der Waals surface area contributed by atoms with E-state index in [-0.39, 0.29) is 11.9 Å². The molecule has 0 saturated carbocycles. The Balaban J connectivity index is 2.87. The summed E-state index contributed by atoms with van der Waals surface area (Å²) in [6.07, 6.45) is -4.55. The Morgan fingerprint density at radius 2 is 2.08 bits per heavy atom. The molecule has 0 amide bonds. The lowest BCUT2D eigenvalue weighted by atomic mass is 10.3. The van der Waals surface area contributed by atoms with E-state index in [1.54, 1.807) is 14.0 Å². The van der Waals surface area contributed by atoms with Gasteiger partial charge < -0.3 is 9.84 Å². The fraction of sp³-hybridized carbons (Fsp3) is 0.667. The lowest BCUT2D eigenvalue weighted by Crippen LogP contribution is -2.13. The smallest absolute Gasteiger partial charge is 0.337 e. The summed E-state index contributed by atoms with van der Waals surface area (Å²) in [7, 11) is 1.59. The average Bonchev–Trinajstić information content (AvgIpc) is 2.50. The highest BCUT2D eigenvalue weighted by Crippen LogP contribution is 2.27. The fourth-order valence-electron chi connectivity index (χ4n) is 0.650. The highest BCUT2D eigenvalue weighted by molar-refractivity contribution is 4.94. The third-order valence-corrected chi connectivity index (χ3v) is 1.50. The Labute approximate surface area is 72.1 Å². The lowest BCUT2D eigenvalue weighted by Gasteiger charge is -2.01. The molecule has 0 radical (unpaired) electrons. The molecule has 1 unspecified atom stereocenters. The monoisotopic (exact) mass is 195 g/mol. The standard InChI is InChI=1S/C6H8F3N3O/c1-3(10-2)4-11-5(12-13-4)6(7,8)9/h3,10H,1-2H3. The molecular weight excluding hydrogens is 187 g/mol. The first-order chi connectivity index (χ1) is 5.95. The molecule has 74 valence electrons. The van der Waals surface area contributed by atoms with Crippen LogP contribution >= 0.6 is 0 Å². The number of rotatable bonds is 2. The summed E-state index contributed by atoms with van der Waals surface area (Å²) in [5.41, 5.74) is 0. The largest absolute Gasteiger partial charge is 0.455 e. The second-order valence-electron chi connectivity index (χ2n) is 2.46. The molecule has 0 aliphatic heterocycles. The van der Waals surface area contributed by atoms with E-state index in [2.05, 4.69) is 20.0 Å². The maximum Gasteiger partial charge on any atom is 0.455 e. The van der Waals surface area contributed by atoms with Crippen LogP contribution in [-0.4, -0.2) is 17.2 Å². The summed E-state index contributed by atoms with van der Waals surface area (Å²) in [5.74, 6) is -1.32. The minimum atomic E-state index is -4.55. The molecule has 0 aliphatic carbocycles. The van der Waals surface area contributed by atoms with Crippen molar-refractivity contribution in [3.63, 3.8) is 0 Å². The van der Waals surface area contributed by atoms with Gasteiger partial charge in [-0.1, -0.05) is 5.16 Å². The van der Waals surface area contributed by atoms with Crippen LogP contribution in [0.1, 0.15) is 24.7 Å². The van der Waals surface area contributed by atoms with E-state index >= 15 is 0 Å². The fourth-order valence-corrected chi connectivity index (χ4v) is 0.650. The normalized spacial score (nSPS) is 14.5. The average molecular weight is 195 g/mol. The molecule has 1 aromatic rings. The first-order valence-electron chi connectivity index (χ1n) is 3.53. The van der Waals surface area contributed by atoms with Crippen LogP contribution in [0.2, 0.25) is 0 Å². The SMILES string of the molecule is CNC(C)c1nc(C(F)(F)F)no1. The molecule has 0 saturated heterocycles. The number of nitrogens with zero attached hydrogens (tertiary/aromatic N) is 2. The van der Waals surface area contributed by atoms with Gasteiger partial charge in [-0.2, -0.15) is 18.2 Å². The lowest BCUT2D eigenvalue weighted by molar-refractivity contribution is -0.146. The van der Waals surface area contributed by atoms with Crippen molar-refractivity contribution < 1.29 is 17.7 Å². The number of aromatic nitrogens is 2. The molecule has 1 rings (SSSR count). The molecule has 0 fully saturated rings. The number of nitrogens with one attached hydrogen (secondary N) is 1. The molecule has 1 aromatic heterocycles. The van der Waals surface area contributed by atoms with Gasteiger partial charge in [0.25, 0.3) is 5.82 Å². The van der Waals surface area contributed by atoms with Crippen molar-refractivity contribution in [1.29, 1.82) is 0 Å². The van der Waals surface area contributed by atoms with Crippen LogP contribution in [0.15, 0.2) is 4.52 Å². The van der Waals surface area contributed by atoms with E-state index in [0.29, 0.717) is 0 Å². The third kappa shape index (κ3) is 2.18. The van der Waals surface area contributed by atoms with Crippen LogP contribution in [0.4, 0.5) is 13.2 Å². The molecule has 0 spiro atoms. The van der Waals surface area contributed by atoms with Gasteiger partial charge in [-0.3, -0.25) is 0 Å². The Kier molecular flexibility index (Phi) is 2.55. The zero-order chi connectivity index (χ0) is 10.1. The van der Waals surface area contributed by atoms with Gasteiger partial charge in [-0.05, 0) is 14.0 Å². The Hall–Kier alpha value is -1.11. The highest BCUT2D eigenvalue weighted by Gasteiger charge is 2.37. The van der Waals surface area contributed by atoms with Gasteiger partial charge in [0.15, 0.2) is 0 Å². The molecule has 0 aliphatic rings. The molecule has 1 heterocycles. The van der Waals surface area contributed by atoms with Crippen LogP contribution in [0.3, 0.4) is 0 Å². The van der Waals surface area contributed by atoms with E-state index in [1.165, 1.54) is 0 Å². The van der Waals surface area contributed by atoms with Crippen molar-refractivity contribution in [3.8, 4) is 0 Å². The van der Waals surface area contributed by atoms with Crippen LogP contribution < -0.4 is 5.32 Å². The third-order valence-electron chi connectivity index (χ3n) is 1.50. The minimum Gasteiger partial charge on any atom is -0.337 e. The van der Waals surface area contributed by atoms with E-state index in [9.17, 15) is 13.2 Å². The van der Waals surface area contributed by atoms with E-state index < -0.39 is 12.0 Å². The first-order valence-corrected chi connectivity index (χ1v) is 3.53. The Morgan fingerprint density at radius 1 is 1.46 bits per heavy atom. The summed E-state index contributed by atoms with van der Waals surface area (Å²) in [5, 5.41) is 5.49. The number of halogens is 3. The Morgan fingerprint density at radius 3 is 2.46 bits per heavy atom. The van der Waals surface area contributed by atoms with Crippen molar-refractivity contribution in [2.45, 2.75) is 19.1 Å². The number of hydrogen-bond donors (Lipinski definition) is 1. The summed E-state index contributed by atoms with van der Waals surface area (Å²) in [4.78, 5) is 3.19. The van der Waals surface area contributed by atoms with E-state index in [1.807, 2.05) is 0 Å². The van der Waals surface area contributed by atoms with Crippen molar-refractivity contribution in [3.05, 3.63) is 11.7 Å². The van der Waals surface area contributed by atoms with Crippen LogP contribution in [0.25, 0.3) is 0 Å². The minimum absolute atomic E-state index is 0.0742. The second-order valence-corrected chi connectivity index (χ2v) is 2.46. The molecule has 0 aromatic carbocycles. The first kappa shape index (κ1) is 9.97. The second kappa shape index (κ2) is 3.33. The zero-order valence-corrected chi connectivity index (χ0v) is 7.01. The molecular formula is C6H8F3N3O. The summed E-state index contributed by atoms with van der Waals surface area (Å²) >= 11 is 0. The van der Waals surface area contributed by atoms with E-state index in [0.717, 1.165) is 0 Å². The summed E-state index contributed by atoms with van der Waals surface area (Å²) < 4.78 is 40.3. The topological polar surface area (TPSA) is 51.0 Å². The molecule has 1 N–H and O–H groups in total. The predicted molar refractivity (Wildman–Crippen MR) is 36.8 cm³/mol. The maximum absolute atomic E-state index is 12.0. The van der Waals surface area contributed by atoms with Crippen LogP contribution in [0.5, 0.6) is 0 Å². The zero-order valence-electron chi connectivity index (χ0n) is 7.01. The van der Waals surface area contributed by atoms with Gasteiger partial charge in [0.2, 0.25) is 5.89 Å². The molecule has 0 bridgehead atoms. The highest BCUT2D eigenvalue weighted by atomic mass is 19.4. The van der Waals surface area contributed by atoms with Gasteiger partial charge in [0, 0.05) is 0 Å². The van der Waals surface area contributed by atoms with Crippen LogP contribution in [0, 0.1) is 0 Å². The van der Waals surface area contributed by atoms with Gasteiger partial charge in [0.1, 0.15) is 0 Å².